The molecule has 2 N–H and O–H groups in total. The lowest BCUT2D eigenvalue weighted by Crippen LogP contribution is -2.33. The van der Waals surface area contributed by atoms with Gasteiger partial charge in [-0.15, -0.1) is 0 Å². The summed E-state index contributed by atoms with van der Waals surface area (Å²) in [5.74, 6) is 2.54. The molecule has 1 saturated heterocycles. The molecule has 1 aromatic carbocycles. The van der Waals surface area contributed by atoms with E-state index < -0.39 is 0 Å². The van der Waals surface area contributed by atoms with Crippen molar-refractivity contribution >= 4 is 11.5 Å². The second-order valence-corrected chi connectivity index (χ2v) is 6.28. The standard InChI is InChI=1S/C19H27N3O/c1-3-11-22-12-8-15(9-13-22)16-6-7-17(18(14-16)23-2)21-19-5-4-10-20-19/h4-7,10,14-15,20-21H,3,8-9,11-13H2,1-2H3. The van der Waals surface area contributed by atoms with Crippen LogP contribution in [-0.2, 0) is 0 Å². The number of benzene rings is 1. The second kappa shape index (κ2) is 7.55. The number of hydrogen-bond donors (Lipinski definition) is 2. The van der Waals surface area contributed by atoms with Crippen LogP contribution < -0.4 is 10.1 Å². The molecular weight excluding hydrogens is 286 g/mol. The predicted octanol–water partition coefficient (Wildman–Crippen LogP) is 4.36. The lowest BCUT2D eigenvalue weighted by molar-refractivity contribution is 0.212. The number of aromatic nitrogens is 1. The molecule has 2 aromatic rings. The highest BCUT2D eigenvalue weighted by atomic mass is 16.5. The summed E-state index contributed by atoms with van der Waals surface area (Å²) in [7, 11) is 1.74. The van der Waals surface area contributed by atoms with Gasteiger partial charge in [0, 0.05) is 6.20 Å². The molecule has 4 heteroatoms. The van der Waals surface area contributed by atoms with E-state index in [2.05, 4.69) is 40.3 Å². The Morgan fingerprint density at radius 1 is 1.26 bits per heavy atom. The Morgan fingerprint density at radius 3 is 2.74 bits per heavy atom. The van der Waals surface area contributed by atoms with Crippen molar-refractivity contribution in [3.05, 3.63) is 42.1 Å². The number of anilines is 2. The van der Waals surface area contributed by atoms with Crippen molar-refractivity contribution in [3.63, 3.8) is 0 Å². The minimum absolute atomic E-state index is 0.650. The number of likely N-dealkylation sites (tertiary alicyclic amines) is 1. The van der Waals surface area contributed by atoms with Crippen LogP contribution >= 0.6 is 0 Å². The van der Waals surface area contributed by atoms with Crippen LogP contribution in [0.1, 0.15) is 37.7 Å². The molecule has 0 amide bonds. The molecule has 2 heterocycles. The number of nitrogens with one attached hydrogen (secondary N) is 2. The molecule has 3 rings (SSSR count). The lowest BCUT2D eigenvalue weighted by atomic mass is 9.89. The van der Waals surface area contributed by atoms with Gasteiger partial charge >= 0.3 is 0 Å². The van der Waals surface area contributed by atoms with Gasteiger partial charge in [-0.25, -0.2) is 0 Å². The Labute approximate surface area is 138 Å². The normalized spacial score (nSPS) is 16.4. The Morgan fingerprint density at radius 2 is 2.09 bits per heavy atom. The Hall–Kier alpha value is -1.94. The number of methoxy groups -OCH3 is 1. The number of nitrogens with zero attached hydrogens (tertiary/aromatic N) is 1. The van der Waals surface area contributed by atoms with Gasteiger partial charge in [0.15, 0.2) is 0 Å². The Balaban J connectivity index is 1.69. The molecule has 0 spiro atoms. The summed E-state index contributed by atoms with van der Waals surface area (Å²) in [5.41, 5.74) is 2.40. The van der Waals surface area contributed by atoms with E-state index in [0.717, 1.165) is 17.3 Å². The van der Waals surface area contributed by atoms with Crippen molar-refractivity contribution in [3.8, 4) is 5.75 Å². The van der Waals surface area contributed by atoms with Crippen LogP contribution in [0.15, 0.2) is 36.5 Å². The third-order valence-corrected chi connectivity index (χ3v) is 4.69. The van der Waals surface area contributed by atoms with E-state index in [0.29, 0.717) is 5.92 Å². The van der Waals surface area contributed by atoms with Gasteiger partial charge in [0.05, 0.1) is 12.8 Å². The van der Waals surface area contributed by atoms with Crippen molar-refractivity contribution in [1.82, 2.24) is 9.88 Å². The summed E-state index contributed by atoms with van der Waals surface area (Å²) in [6.07, 6.45) is 5.64. The van der Waals surface area contributed by atoms with Crippen LogP contribution in [0.3, 0.4) is 0 Å². The molecule has 1 fully saturated rings. The van der Waals surface area contributed by atoms with Crippen molar-refractivity contribution in [2.45, 2.75) is 32.1 Å². The maximum absolute atomic E-state index is 5.60. The topological polar surface area (TPSA) is 40.3 Å². The zero-order chi connectivity index (χ0) is 16.1. The second-order valence-electron chi connectivity index (χ2n) is 6.28. The lowest BCUT2D eigenvalue weighted by Gasteiger charge is -2.32. The van der Waals surface area contributed by atoms with Gasteiger partial charge in [0.25, 0.3) is 0 Å². The van der Waals surface area contributed by atoms with Crippen molar-refractivity contribution in [1.29, 1.82) is 0 Å². The number of aromatic amines is 1. The van der Waals surface area contributed by atoms with E-state index in [1.807, 2.05) is 18.3 Å². The van der Waals surface area contributed by atoms with E-state index in [1.54, 1.807) is 7.11 Å². The number of piperidine rings is 1. The molecule has 1 aliphatic heterocycles. The summed E-state index contributed by atoms with van der Waals surface area (Å²) in [6, 6.07) is 10.6. The van der Waals surface area contributed by atoms with Crippen molar-refractivity contribution in [2.75, 3.05) is 32.1 Å². The molecule has 0 radical (unpaired) electrons. The molecule has 0 unspecified atom stereocenters. The number of H-pyrrole nitrogens is 1. The van der Waals surface area contributed by atoms with Gasteiger partial charge in [-0.1, -0.05) is 13.0 Å². The molecule has 23 heavy (non-hydrogen) atoms. The number of rotatable bonds is 6. The SMILES string of the molecule is CCCN1CCC(c2ccc(Nc3ccc[nH]3)c(OC)c2)CC1. The summed E-state index contributed by atoms with van der Waals surface area (Å²) >= 11 is 0. The third-order valence-electron chi connectivity index (χ3n) is 4.69. The van der Waals surface area contributed by atoms with Crippen LogP contribution in [0.4, 0.5) is 11.5 Å². The van der Waals surface area contributed by atoms with Gasteiger partial charge in [-0.05, 0) is 74.6 Å². The minimum Gasteiger partial charge on any atom is -0.495 e. The first-order valence-electron chi connectivity index (χ1n) is 8.61. The fourth-order valence-electron chi connectivity index (χ4n) is 3.42. The molecule has 1 aliphatic rings. The summed E-state index contributed by atoms with van der Waals surface area (Å²) in [4.78, 5) is 5.74. The highest BCUT2D eigenvalue weighted by molar-refractivity contribution is 5.65. The maximum Gasteiger partial charge on any atom is 0.142 e. The molecule has 0 aliphatic carbocycles. The quantitative estimate of drug-likeness (QED) is 0.832. The van der Waals surface area contributed by atoms with E-state index in [1.165, 1.54) is 44.5 Å². The van der Waals surface area contributed by atoms with Gasteiger partial charge in [0.1, 0.15) is 11.6 Å². The van der Waals surface area contributed by atoms with E-state index in [-0.39, 0.29) is 0 Å². The first-order chi connectivity index (χ1) is 11.3. The highest BCUT2D eigenvalue weighted by Gasteiger charge is 2.21. The van der Waals surface area contributed by atoms with E-state index in [4.69, 9.17) is 4.74 Å². The van der Waals surface area contributed by atoms with Crippen molar-refractivity contribution < 1.29 is 4.74 Å². The zero-order valence-electron chi connectivity index (χ0n) is 14.1. The summed E-state index contributed by atoms with van der Waals surface area (Å²) in [6.45, 7) is 5.91. The molecular formula is C19H27N3O. The first-order valence-corrected chi connectivity index (χ1v) is 8.61. The van der Waals surface area contributed by atoms with Gasteiger partial charge in [0.2, 0.25) is 0 Å². The molecule has 0 saturated carbocycles. The van der Waals surface area contributed by atoms with E-state index >= 15 is 0 Å². The fourth-order valence-corrected chi connectivity index (χ4v) is 3.42. The predicted molar refractivity (Wildman–Crippen MR) is 95.8 cm³/mol. The molecule has 0 atom stereocenters. The monoisotopic (exact) mass is 313 g/mol. The maximum atomic E-state index is 5.60. The summed E-state index contributed by atoms with van der Waals surface area (Å²) in [5, 5.41) is 3.37. The average Bonchev–Trinajstić information content (AvgIpc) is 3.09. The minimum atomic E-state index is 0.650. The van der Waals surface area contributed by atoms with Crippen LogP contribution in [0, 0.1) is 0 Å². The van der Waals surface area contributed by atoms with Crippen LogP contribution in [0.2, 0.25) is 0 Å². The number of hydrogen-bond acceptors (Lipinski definition) is 3. The molecule has 4 nitrogen and oxygen atoms in total. The van der Waals surface area contributed by atoms with Crippen molar-refractivity contribution in [2.24, 2.45) is 0 Å². The van der Waals surface area contributed by atoms with Crippen LogP contribution in [0.25, 0.3) is 0 Å². The average molecular weight is 313 g/mol. The summed E-state index contributed by atoms with van der Waals surface area (Å²) < 4.78 is 5.60. The Bertz CT molecular complexity index is 601. The Kier molecular flexibility index (Phi) is 5.23. The highest BCUT2D eigenvalue weighted by Crippen LogP contribution is 2.34. The first kappa shape index (κ1) is 15.9. The third kappa shape index (κ3) is 3.88. The van der Waals surface area contributed by atoms with E-state index in [9.17, 15) is 0 Å². The molecule has 1 aromatic heterocycles. The largest absolute Gasteiger partial charge is 0.495 e. The number of ether oxygens (including phenoxy) is 1. The molecule has 124 valence electrons. The fraction of sp³-hybridized carbons (Fsp3) is 0.474. The smallest absolute Gasteiger partial charge is 0.142 e. The van der Waals surface area contributed by atoms with Gasteiger partial charge in [-0.3, -0.25) is 0 Å². The van der Waals surface area contributed by atoms with Gasteiger partial charge < -0.3 is 19.9 Å². The van der Waals surface area contributed by atoms with Crippen LogP contribution in [-0.4, -0.2) is 36.6 Å². The zero-order valence-corrected chi connectivity index (χ0v) is 14.1. The van der Waals surface area contributed by atoms with Gasteiger partial charge in [-0.2, -0.15) is 0 Å². The van der Waals surface area contributed by atoms with Crippen LogP contribution in [0.5, 0.6) is 5.75 Å². The molecule has 0 bridgehead atoms.